The summed E-state index contributed by atoms with van der Waals surface area (Å²) in [6.45, 7) is 8.14. The molecular weight excluding hydrogens is 281 g/mol. The molecule has 2 heterocycles. The summed E-state index contributed by atoms with van der Waals surface area (Å²) in [5.74, 6) is 0. The van der Waals surface area contributed by atoms with E-state index < -0.39 is 7.29 Å². The van der Waals surface area contributed by atoms with Crippen LogP contribution < -0.4 is 5.57 Å². The van der Waals surface area contributed by atoms with E-state index in [1.165, 1.54) is 6.42 Å². The van der Waals surface area contributed by atoms with Crippen LogP contribution in [0.2, 0.25) is 0 Å². The SMILES string of the molecule is C=CCn1c([P@@](C)(=O)N2CCCCC2)nc2ccccc21. The van der Waals surface area contributed by atoms with Gasteiger partial charge in [0.25, 0.3) is 0 Å². The third-order valence-corrected chi connectivity index (χ3v) is 6.75. The van der Waals surface area contributed by atoms with Crippen LogP contribution in [0.1, 0.15) is 19.3 Å². The molecule has 0 radical (unpaired) electrons. The molecule has 1 fully saturated rings. The number of imidazole rings is 1. The standard InChI is InChI=1S/C16H22N3OP/c1-3-11-19-15-10-6-5-9-14(15)17-16(19)21(2,20)18-12-7-4-8-13-18/h3,5-6,9-10H,1,4,7-8,11-13H2,2H3/t21-/m1/s1. The van der Waals surface area contributed by atoms with Gasteiger partial charge >= 0.3 is 0 Å². The average molecular weight is 303 g/mol. The van der Waals surface area contributed by atoms with Crippen molar-refractivity contribution < 1.29 is 4.57 Å². The molecule has 1 aliphatic heterocycles. The zero-order valence-electron chi connectivity index (χ0n) is 12.5. The Bertz CT molecular complexity index is 701. The van der Waals surface area contributed by atoms with E-state index in [9.17, 15) is 4.57 Å². The van der Waals surface area contributed by atoms with Crippen LogP contribution in [0.15, 0.2) is 36.9 Å². The minimum atomic E-state index is -2.62. The lowest BCUT2D eigenvalue weighted by molar-refractivity contribution is 0.350. The smallest absolute Gasteiger partial charge is 0.209 e. The van der Waals surface area contributed by atoms with E-state index in [1.807, 2.05) is 37.0 Å². The number of fused-ring (bicyclic) bond motifs is 1. The predicted molar refractivity (Wildman–Crippen MR) is 88.5 cm³/mol. The van der Waals surface area contributed by atoms with E-state index in [-0.39, 0.29) is 0 Å². The number of nitrogens with zero attached hydrogens (tertiary/aromatic N) is 3. The molecule has 0 spiro atoms. The quantitative estimate of drug-likeness (QED) is 0.643. The van der Waals surface area contributed by atoms with Gasteiger partial charge in [-0.2, -0.15) is 0 Å². The summed E-state index contributed by atoms with van der Waals surface area (Å²) in [5, 5.41) is 0. The molecule has 2 aromatic rings. The number of benzene rings is 1. The minimum absolute atomic E-state index is 0.640. The van der Waals surface area contributed by atoms with Gasteiger partial charge < -0.3 is 4.57 Å². The largest absolute Gasteiger partial charge is 0.317 e. The number of piperidine rings is 1. The number of allylic oxidation sites excluding steroid dienone is 1. The maximum absolute atomic E-state index is 13.4. The number of hydrogen-bond donors (Lipinski definition) is 0. The van der Waals surface area contributed by atoms with Crippen LogP contribution in [-0.4, -0.2) is 34.0 Å². The Hall–Kier alpha value is -1.38. The van der Waals surface area contributed by atoms with E-state index >= 15 is 0 Å². The molecule has 4 nitrogen and oxygen atoms in total. The summed E-state index contributed by atoms with van der Waals surface area (Å²) in [5.41, 5.74) is 2.66. The third kappa shape index (κ3) is 2.58. The molecule has 1 saturated heterocycles. The molecule has 3 rings (SSSR count). The van der Waals surface area contributed by atoms with Crippen molar-refractivity contribution in [1.82, 2.24) is 14.2 Å². The van der Waals surface area contributed by atoms with Gasteiger partial charge in [0.2, 0.25) is 7.29 Å². The Morgan fingerprint density at radius 1 is 1.29 bits per heavy atom. The molecular formula is C16H22N3OP. The van der Waals surface area contributed by atoms with Gasteiger partial charge in [-0.15, -0.1) is 6.58 Å². The first kappa shape index (κ1) is 14.6. The second-order valence-electron chi connectivity index (χ2n) is 5.69. The lowest BCUT2D eigenvalue weighted by atomic mass is 10.2. The average Bonchev–Trinajstić information content (AvgIpc) is 2.88. The number of aromatic nitrogens is 2. The molecule has 0 N–H and O–H groups in total. The molecule has 1 atom stereocenters. The van der Waals surface area contributed by atoms with Crippen molar-refractivity contribution in [3.63, 3.8) is 0 Å². The van der Waals surface area contributed by atoms with Crippen molar-refractivity contribution in [2.24, 2.45) is 0 Å². The fourth-order valence-electron chi connectivity index (χ4n) is 3.07. The highest BCUT2D eigenvalue weighted by molar-refractivity contribution is 7.68. The molecule has 0 amide bonds. The van der Waals surface area contributed by atoms with Crippen LogP contribution in [0.5, 0.6) is 0 Å². The monoisotopic (exact) mass is 303 g/mol. The highest BCUT2D eigenvalue weighted by Crippen LogP contribution is 2.46. The van der Waals surface area contributed by atoms with E-state index in [2.05, 4.69) is 20.8 Å². The Kier molecular flexibility index (Phi) is 4.01. The van der Waals surface area contributed by atoms with Gasteiger partial charge in [0, 0.05) is 26.3 Å². The lowest BCUT2D eigenvalue weighted by Gasteiger charge is -2.31. The fraction of sp³-hybridized carbons (Fsp3) is 0.438. The molecule has 21 heavy (non-hydrogen) atoms. The van der Waals surface area contributed by atoms with Crippen molar-refractivity contribution >= 4 is 23.9 Å². The minimum Gasteiger partial charge on any atom is -0.317 e. The fourth-order valence-corrected chi connectivity index (χ4v) is 5.30. The van der Waals surface area contributed by atoms with Crippen molar-refractivity contribution in [3.05, 3.63) is 36.9 Å². The first-order chi connectivity index (χ1) is 10.1. The summed E-state index contributed by atoms with van der Waals surface area (Å²) in [7, 11) is -2.62. The number of rotatable bonds is 4. The Labute approximate surface area is 125 Å². The van der Waals surface area contributed by atoms with Gasteiger partial charge in [-0.05, 0) is 25.0 Å². The molecule has 1 aliphatic rings. The van der Waals surface area contributed by atoms with Gasteiger partial charge in [-0.25, -0.2) is 9.65 Å². The highest BCUT2D eigenvalue weighted by atomic mass is 31.2. The maximum Gasteiger partial charge on any atom is 0.209 e. The molecule has 0 saturated carbocycles. The van der Waals surface area contributed by atoms with Crippen molar-refractivity contribution in [3.8, 4) is 0 Å². The van der Waals surface area contributed by atoms with Crippen LogP contribution >= 0.6 is 7.29 Å². The number of para-hydroxylation sites is 2. The Morgan fingerprint density at radius 3 is 2.71 bits per heavy atom. The summed E-state index contributed by atoms with van der Waals surface area (Å²) < 4.78 is 17.6. The maximum atomic E-state index is 13.4. The molecule has 0 unspecified atom stereocenters. The van der Waals surface area contributed by atoms with E-state index in [0.29, 0.717) is 12.1 Å². The summed E-state index contributed by atoms with van der Waals surface area (Å²) in [6.07, 6.45) is 5.33. The summed E-state index contributed by atoms with van der Waals surface area (Å²) in [6, 6.07) is 7.98. The Balaban J connectivity index is 2.11. The van der Waals surface area contributed by atoms with Gasteiger partial charge in [-0.1, -0.05) is 24.6 Å². The zero-order valence-corrected chi connectivity index (χ0v) is 13.4. The van der Waals surface area contributed by atoms with E-state index in [0.717, 1.165) is 37.0 Å². The third-order valence-electron chi connectivity index (χ3n) is 4.19. The van der Waals surface area contributed by atoms with Crippen molar-refractivity contribution in [2.75, 3.05) is 19.8 Å². The van der Waals surface area contributed by atoms with Crippen molar-refractivity contribution in [1.29, 1.82) is 0 Å². The summed E-state index contributed by atoms with van der Waals surface area (Å²) in [4.78, 5) is 4.69. The van der Waals surface area contributed by atoms with E-state index in [4.69, 9.17) is 0 Å². The molecule has 1 aromatic carbocycles. The van der Waals surface area contributed by atoms with Crippen LogP contribution in [0.4, 0.5) is 0 Å². The topological polar surface area (TPSA) is 38.1 Å². The number of hydrogen-bond acceptors (Lipinski definition) is 2. The first-order valence-corrected chi connectivity index (χ1v) is 9.65. The molecule has 0 aliphatic carbocycles. The van der Waals surface area contributed by atoms with E-state index in [1.54, 1.807) is 0 Å². The second kappa shape index (κ2) is 5.78. The normalized spacial score (nSPS) is 19.5. The summed E-state index contributed by atoms with van der Waals surface area (Å²) >= 11 is 0. The molecule has 1 aromatic heterocycles. The highest BCUT2D eigenvalue weighted by Gasteiger charge is 2.33. The van der Waals surface area contributed by atoms with Crippen molar-refractivity contribution in [2.45, 2.75) is 25.8 Å². The molecule has 5 heteroatoms. The first-order valence-electron chi connectivity index (χ1n) is 7.54. The van der Waals surface area contributed by atoms with Gasteiger partial charge in [0.15, 0.2) is 5.57 Å². The van der Waals surface area contributed by atoms with Crippen LogP contribution in [0, 0.1) is 0 Å². The van der Waals surface area contributed by atoms with Gasteiger partial charge in [0.1, 0.15) is 0 Å². The van der Waals surface area contributed by atoms with Crippen LogP contribution in [0.25, 0.3) is 11.0 Å². The van der Waals surface area contributed by atoms with Crippen LogP contribution in [0.3, 0.4) is 0 Å². The van der Waals surface area contributed by atoms with Crippen LogP contribution in [-0.2, 0) is 11.1 Å². The predicted octanol–water partition coefficient (Wildman–Crippen LogP) is 3.24. The molecule has 112 valence electrons. The Morgan fingerprint density at radius 2 is 2.00 bits per heavy atom. The zero-order chi connectivity index (χ0) is 14.9. The van der Waals surface area contributed by atoms with Gasteiger partial charge in [0.05, 0.1) is 11.0 Å². The molecule has 0 bridgehead atoms. The lowest BCUT2D eigenvalue weighted by Crippen LogP contribution is -2.34. The van der Waals surface area contributed by atoms with Gasteiger partial charge in [-0.3, -0.25) is 4.57 Å². The second-order valence-corrected chi connectivity index (χ2v) is 8.42.